The van der Waals surface area contributed by atoms with Crippen LogP contribution in [0.4, 0.5) is 19.1 Å². The van der Waals surface area contributed by atoms with Crippen molar-refractivity contribution in [2.75, 3.05) is 17.8 Å². The molecule has 2 N–H and O–H groups in total. The van der Waals surface area contributed by atoms with Gasteiger partial charge in [-0.25, -0.2) is 0 Å². The van der Waals surface area contributed by atoms with Crippen LogP contribution in [0.5, 0.6) is 6.01 Å². The number of carbonyl (C=O) groups is 1. The highest BCUT2D eigenvalue weighted by Gasteiger charge is 2.37. The number of anilines is 1. The van der Waals surface area contributed by atoms with Gasteiger partial charge in [-0.3, -0.25) is 15.6 Å². The molecule has 2 aromatic rings. The van der Waals surface area contributed by atoms with Gasteiger partial charge in [-0.2, -0.15) is 28.1 Å². The first-order chi connectivity index (χ1) is 12.7. The summed E-state index contributed by atoms with van der Waals surface area (Å²) in [4.78, 5) is 23.2. The third-order valence-electron chi connectivity index (χ3n) is 2.76. The average molecular weight is 427 g/mol. The number of alkyl halides is 3. The Morgan fingerprint density at radius 2 is 2.04 bits per heavy atom. The summed E-state index contributed by atoms with van der Waals surface area (Å²) in [5.41, 5.74) is 4.70. The molecule has 0 bridgehead atoms. The van der Waals surface area contributed by atoms with Crippen molar-refractivity contribution in [3.05, 3.63) is 11.1 Å². The highest BCUT2D eigenvalue weighted by molar-refractivity contribution is 7.99. The number of thioether (sulfide) groups is 1. The molecule has 0 aromatic carbocycles. The molecule has 0 saturated carbocycles. The van der Waals surface area contributed by atoms with Gasteiger partial charge in [0.2, 0.25) is 23.0 Å². The van der Waals surface area contributed by atoms with Gasteiger partial charge in [0.15, 0.2) is 5.16 Å². The second-order valence-corrected chi connectivity index (χ2v) is 6.16. The predicted molar refractivity (Wildman–Crippen MR) is 89.1 cm³/mol. The first-order valence-corrected chi connectivity index (χ1v) is 8.75. The molecular formula is C12H14ClF3N8O2S. The van der Waals surface area contributed by atoms with Gasteiger partial charge in [-0.15, -0.1) is 10.2 Å². The van der Waals surface area contributed by atoms with E-state index in [1.807, 2.05) is 6.92 Å². The Balaban J connectivity index is 1.88. The molecule has 0 fully saturated rings. The fraction of sp³-hybridized carbons (Fsp3) is 0.500. The summed E-state index contributed by atoms with van der Waals surface area (Å²) in [6.45, 7) is 2.27. The number of carbonyl (C=O) groups excluding carboxylic acids is 1. The maximum Gasteiger partial charge on any atom is 0.451 e. The van der Waals surface area contributed by atoms with Crippen molar-refractivity contribution in [3.8, 4) is 6.01 Å². The number of rotatable bonds is 8. The minimum absolute atomic E-state index is 0.0123. The minimum Gasteiger partial charge on any atom is -0.463 e. The normalized spacial score (nSPS) is 11.3. The average Bonchev–Trinajstić information content (AvgIpc) is 2.97. The maximum atomic E-state index is 12.7. The molecule has 2 rings (SSSR count). The van der Waals surface area contributed by atoms with E-state index in [2.05, 4.69) is 36.0 Å². The van der Waals surface area contributed by atoms with Gasteiger partial charge in [-0.1, -0.05) is 18.7 Å². The smallest absolute Gasteiger partial charge is 0.451 e. The van der Waals surface area contributed by atoms with E-state index in [0.29, 0.717) is 6.61 Å². The van der Waals surface area contributed by atoms with Crippen molar-refractivity contribution in [1.29, 1.82) is 0 Å². The number of aromatic nitrogens is 6. The number of halogens is 4. The number of nitrogens with zero attached hydrogens (tertiary/aromatic N) is 6. The molecule has 0 radical (unpaired) electrons. The number of hydrazine groups is 1. The lowest BCUT2D eigenvalue weighted by atomic mass is 10.5. The van der Waals surface area contributed by atoms with Crippen molar-refractivity contribution in [3.63, 3.8) is 0 Å². The van der Waals surface area contributed by atoms with Gasteiger partial charge in [0.25, 0.3) is 0 Å². The van der Waals surface area contributed by atoms with Crippen LogP contribution in [-0.2, 0) is 18.0 Å². The van der Waals surface area contributed by atoms with Crippen LogP contribution >= 0.6 is 23.4 Å². The van der Waals surface area contributed by atoms with E-state index in [9.17, 15) is 18.0 Å². The monoisotopic (exact) mass is 426 g/mol. The predicted octanol–water partition coefficient (Wildman–Crippen LogP) is 1.70. The molecule has 0 atom stereocenters. The zero-order valence-corrected chi connectivity index (χ0v) is 15.6. The lowest BCUT2D eigenvalue weighted by Gasteiger charge is -2.09. The van der Waals surface area contributed by atoms with E-state index in [4.69, 9.17) is 16.3 Å². The van der Waals surface area contributed by atoms with Crippen molar-refractivity contribution in [2.45, 2.75) is 24.7 Å². The lowest BCUT2D eigenvalue weighted by molar-refractivity contribution is -0.147. The van der Waals surface area contributed by atoms with E-state index < -0.39 is 17.9 Å². The second kappa shape index (κ2) is 9.03. The molecule has 1 amide bonds. The van der Waals surface area contributed by atoms with Crippen LogP contribution in [0.1, 0.15) is 19.2 Å². The zero-order valence-electron chi connectivity index (χ0n) is 14.0. The second-order valence-electron chi connectivity index (χ2n) is 4.88. The molecule has 0 unspecified atom stereocenters. The molecule has 0 aliphatic heterocycles. The van der Waals surface area contributed by atoms with Gasteiger partial charge < -0.3 is 9.30 Å². The van der Waals surface area contributed by atoms with Crippen molar-refractivity contribution >= 4 is 35.2 Å². The molecule has 2 aromatic heterocycles. The number of nitrogens with one attached hydrogen (secondary N) is 2. The third-order valence-corrected chi connectivity index (χ3v) is 3.95. The summed E-state index contributed by atoms with van der Waals surface area (Å²) in [6.07, 6.45) is -3.89. The van der Waals surface area contributed by atoms with Gasteiger partial charge in [0.05, 0.1) is 12.4 Å². The largest absolute Gasteiger partial charge is 0.463 e. The fourth-order valence-electron chi connectivity index (χ4n) is 1.62. The van der Waals surface area contributed by atoms with Gasteiger partial charge >= 0.3 is 12.2 Å². The van der Waals surface area contributed by atoms with Gasteiger partial charge in [-0.05, 0) is 18.0 Å². The van der Waals surface area contributed by atoms with Crippen LogP contribution in [0.3, 0.4) is 0 Å². The standard InChI is InChI=1S/C12H14ClF3N8O2S/c1-3-4-26-10-18-8(13)17-9(19-10)22-20-6(25)5-27-11-23-21-7(24(11)2)12(14,15)16/h3-5H2,1-2H3,(H,20,25)(H,17,18,19,22). The molecule has 0 spiro atoms. The number of amides is 1. The third kappa shape index (κ3) is 6.09. The van der Waals surface area contributed by atoms with Crippen LogP contribution in [0, 0.1) is 0 Å². The van der Waals surface area contributed by atoms with Crippen LogP contribution in [0.25, 0.3) is 0 Å². The lowest BCUT2D eigenvalue weighted by Crippen LogP contribution is -2.32. The molecule has 0 saturated heterocycles. The van der Waals surface area contributed by atoms with Crippen molar-refractivity contribution < 1.29 is 22.7 Å². The van der Waals surface area contributed by atoms with Crippen LogP contribution in [-0.4, -0.2) is 48.0 Å². The Labute approximate surface area is 160 Å². The molecular weight excluding hydrogens is 413 g/mol. The summed E-state index contributed by atoms with van der Waals surface area (Å²) < 4.78 is 43.9. The first kappa shape index (κ1) is 21.0. The Morgan fingerprint density at radius 1 is 1.30 bits per heavy atom. The van der Waals surface area contributed by atoms with E-state index in [0.717, 1.165) is 29.8 Å². The number of hydrogen-bond donors (Lipinski definition) is 2. The highest BCUT2D eigenvalue weighted by atomic mass is 35.5. The molecule has 15 heteroatoms. The molecule has 0 aliphatic rings. The molecule has 27 heavy (non-hydrogen) atoms. The fourth-order valence-corrected chi connectivity index (χ4v) is 2.49. The van der Waals surface area contributed by atoms with Crippen LogP contribution < -0.4 is 15.6 Å². The molecule has 148 valence electrons. The van der Waals surface area contributed by atoms with Crippen LogP contribution in [0.15, 0.2) is 5.16 Å². The first-order valence-electron chi connectivity index (χ1n) is 7.39. The van der Waals surface area contributed by atoms with E-state index in [1.165, 1.54) is 0 Å². The van der Waals surface area contributed by atoms with E-state index in [-0.39, 0.29) is 28.2 Å². The SMILES string of the molecule is CCCOc1nc(Cl)nc(NNC(=O)CSc2nnc(C(F)(F)F)n2C)n1. The van der Waals surface area contributed by atoms with E-state index in [1.54, 1.807) is 0 Å². The number of hydrogen-bond acceptors (Lipinski definition) is 9. The summed E-state index contributed by atoms with van der Waals surface area (Å²) >= 11 is 6.51. The van der Waals surface area contributed by atoms with E-state index >= 15 is 0 Å². The van der Waals surface area contributed by atoms with Crippen molar-refractivity contribution in [2.24, 2.45) is 7.05 Å². The maximum absolute atomic E-state index is 12.7. The van der Waals surface area contributed by atoms with Gasteiger partial charge in [0, 0.05) is 7.05 Å². The minimum atomic E-state index is -4.63. The summed E-state index contributed by atoms with van der Waals surface area (Å²) in [5.74, 6) is -2.00. The molecule has 0 aliphatic carbocycles. The Bertz CT molecular complexity index is 803. The summed E-state index contributed by atoms with van der Waals surface area (Å²) in [7, 11) is 1.16. The number of ether oxygens (including phenoxy) is 1. The molecule has 10 nitrogen and oxygen atoms in total. The zero-order chi connectivity index (χ0) is 20.0. The Morgan fingerprint density at radius 3 is 2.67 bits per heavy atom. The van der Waals surface area contributed by atoms with Crippen molar-refractivity contribution in [1.82, 2.24) is 35.1 Å². The molecule has 2 heterocycles. The topological polar surface area (TPSA) is 120 Å². The Hall–Kier alpha value is -2.35. The summed E-state index contributed by atoms with van der Waals surface area (Å²) in [5, 5.41) is 6.28. The summed E-state index contributed by atoms with van der Waals surface area (Å²) in [6, 6.07) is -0.0123. The quantitative estimate of drug-likeness (QED) is 0.480. The van der Waals surface area contributed by atoms with Crippen LogP contribution in [0.2, 0.25) is 5.28 Å². The Kier molecular flexibility index (Phi) is 7.01. The van der Waals surface area contributed by atoms with Gasteiger partial charge in [0.1, 0.15) is 0 Å². The highest BCUT2D eigenvalue weighted by Crippen LogP contribution is 2.29.